The van der Waals surface area contributed by atoms with Crippen LogP contribution in [-0.2, 0) is 21.4 Å². The van der Waals surface area contributed by atoms with Gasteiger partial charge in [0, 0.05) is 19.4 Å². The van der Waals surface area contributed by atoms with Crippen LogP contribution in [0.3, 0.4) is 0 Å². The number of rotatable bonds is 6. The lowest BCUT2D eigenvalue weighted by atomic mass is 10.3. The van der Waals surface area contributed by atoms with Crippen LogP contribution < -0.4 is 4.31 Å². The van der Waals surface area contributed by atoms with Crippen molar-refractivity contribution in [1.82, 2.24) is 14.9 Å². The van der Waals surface area contributed by atoms with Gasteiger partial charge >= 0.3 is 0 Å². The minimum Gasteiger partial charge on any atom is -0.338 e. The Labute approximate surface area is 139 Å². The molecule has 7 nitrogen and oxygen atoms in total. The molecular formula is C15H17FN4O3S. The van der Waals surface area contributed by atoms with Crippen LogP contribution in [0.1, 0.15) is 5.69 Å². The number of aromatic nitrogens is 2. The van der Waals surface area contributed by atoms with Gasteiger partial charge in [-0.3, -0.25) is 19.1 Å². The summed E-state index contributed by atoms with van der Waals surface area (Å²) in [5, 5.41) is 0. The number of anilines is 1. The highest BCUT2D eigenvalue weighted by atomic mass is 32.2. The first-order valence-corrected chi connectivity index (χ1v) is 8.84. The van der Waals surface area contributed by atoms with Gasteiger partial charge < -0.3 is 4.90 Å². The van der Waals surface area contributed by atoms with Crippen LogP contribution in [0, 0.1) is 5.82 Å². The Kier molecular flexibility index (Phi) is 5.45. The van der Waals surface area contributed by atoms with Gasteiger partial charge in [-0.25, -0.2) is 12.8 Å². The molecule has 0 N–H and O–H groups in total. The lowest BCUT2D eigenvalue weighted by Crippen LogP contribution is -2.41. The summed E-state index contributed by atoms with van der Waals surface area (Å²) in [6, 6.07) is 5.08. The van der Waals surface area contributed by atoms with Crippen molar-refractivity contribution in [2.75, 3.05) is 24.2 Å². The number of hydrogen-bond acceptors (Lipinski definition) is 5. The SMILES string of the molecule is CN(Cc1cnccn1)C(=O)CN(c1cccc(F)c1)S(C)(=O)=O. The zero-order valence-electron chi connectivity index (χ0n) is 13.3. The van der Waals surface area contributed by atoms with Crippen molar-refractivity contribution in [3.8, 4) is 0 Å². The van der Waals surface area contributed by atoms with Gasteiger partial charge in [0.1, 0.15) is 12.4 Å². The van der Waals surface area contributed by atoms with Gasteiger partial charge in [-0.15, -0.1) is 0 Å². The average molecular weight is 352 g/mol. The molecule has 0 aliphatic rings. The second kappa shape index (κ2) is 7.35. The zero-order valence-corrected chi connectivity index (χ0v) is 14.1. The average Bonchev–Trinajstić information content (AvgIpc) is 2.52. The van der Waals surface area contributed by atoms with Crippen LogP contribution in [0.4, 0.5) is 10.1 Å². The maximum Gasteiger partial charge on any atom is 0.243 e. The highest BCUT2D eigenvalue weighted by Crippen LogP contribution is 2.18. The van der Waals surface area contributed by atoms with E-state index in [0.29, 0.717) is 5.69 Å². The van der Waals surface area contributed by atoms with E-state index in [9.17, 15) is 17.6 Å². The van der Waals surface area contributed by atoms with Crippen LogP contribution in [0.2, 0.25) is 0 Å². The van der Waals surface area contributed by atoms with Crippen molar-refractivity contribution in [2.45, 2.75) is 6.54 Å². The molecule has 0 unspecified atom stereocenters. The summed E-state index contributed by atoms with van der Waals surface area (Å²) in [5.41, 5.74) is 0.670. The van der Waals surface area contributed by atoms with E-state index in [1.54, 1.807) is 0 Å². The molecule has 0 aliphatic heterocycles. The quantitative estimate of drug-likeness (QED) is 0.776. The molecule has 9 heteroatoms. The Morgan fingerprint density at radius 2 is 2.04 bits per heavy atom. The van der Waals surface area contributed by atoms with Crippen molar-refractivity contribution in [1.29, 1.82) is 0 Å². The fourth-order valence-corrected chi connectivity index (χ4v) is 2.86. The summed E-state index contributed by atoms with van der Waals surface area (Å²) in [7, 11) is -2.21. The van der Waals surface area contributed by atoms with E-state index in [4.69, 9.17) is 0 Å². The van der Waals surface area contributed by atoms with E-state index in [-0.39, 0.29) is 12.2 Å². The van der Waals surface area contributed by atoms with Gasteiger partial charge in [-0.05, 0) is 18.2 Å². The molecule has 0 aliphatic carbocycles. The highest BCUT2D eigenvalue weighted by molar-refractivity contribution is 7.92. The third-order valence-electron chi connectivity index (χ3n) is 3.22. The number of nitrogens with zero attached hydrogens (tertiary/aromatic N) is 4. The summed E-state index contributed by atoms with van der Waals surface area (Å²) >= 11 is 0. The lowest BCUT2D eigenvalue weighted by Gasteiger charge is -2.25. The Morgan fingerprint density at radius 3 is 2.62 bits per heavy atom. The molecule has 1 amide bonds. The molecule has 0 bridgehead atoms. The largest absolute Gasteiger partial charge is 0.338 e. The van der Waals surface area contributed by atoms with Gasteiger partial charge in [0.05, 0.1) is 30.4 Å². The maximum absolute atomic E-state index is 13.4. The Hall–Kier alpha value is -2.55. The molecule has 0 saturated carbocycles. The zero-order chi connectivity index (χ0) is 17.7. The summed E-state index contributed by atoms with van der Waals surface area (Å²) in [5.74, 6) is -1.03. The van der Waals surface area contributed by atoms with Crippen molar-refractivity contribution < 1.29 is 17.6 Å². The van der Waals surface area contributed by atoms with E-state index in [1.165, 1.54) is 48.7 Å². The van der Waals surface area contributed by atoms with Crippen LogP contribution in [0.5, 0.6) is 0 Å². The normalized spacial score (nSPS) is 11.1. The first-order chi connectivity index (χ1) is 11.3. The molecular weight excluding hydrogens is 335 g/mol. The number of sulfonamides is 1. The Balaban J connectivity index is 2.16. The molecule has 24 heavy (non-hydrogen) atoms. The van der Waals surface area contributed by atoms with Gasteiger partial charge in [0.2, 0.25) is 15.9 Å². The van der Waals surface area contributed by atoms with Gasteiger partial charge in [-0.2, -0.15) is 0 Å². The van der Waals surface area contributed by atoms with Crippen LogP contribution in [-0.4, -0.2) is 49.0 Å². The van der Waals surface area contributed by atoms with Crippen LogP contribution in [0.25, 0.3) is 0 Å². The summed E-state index contributed by atoms with van der Waals surface area (Å²) in [6.07, 6.45) is 5.50. The predicted molar refractivity (Wildman–Crippen MR) is 87.1 cm³/mol. The van der Waals surface area contributed by atoms with Gasteiger partial charge in [0.25, 0.3) is 0 Å². The third-order valence-corrected chi connectivity index (χ3v) is 4.36. The summed E-state index contributed by atoms with van der Waals surface area (Å²) < 4.78 is 38.2. The van der Waals surface area contributed by atoms with Crippen molar-refractivity contribution in [2.24, 2.45) is 0 Å². The summed E-state index contributed by atoms with van der Waals surface area (Å²) in [6.45, 7) is -0.244. The second-order valence-corrected chi connectivity index (χ2v) is 7.10. The predicted octanol–water partition coefficient (Wildman–Crippen LogP) is 1.04. The molecule has 1 aromatic heterocycles. The molecule has 2 aromatic rings. The smallest absolute Gasteiger partial charge is 0.243 e. The molecule has 0 atom stereocenters. The number of likely N-dealkylation sites (N-methyl/N-ethyl adjacent to an activating group) is 1. The van der Waals surface area contributed by atoms with Crippen molar-refractivity contribution >= 4 is 21.6 Å². The molecule has 0 saturated heterocycles. The van der Waals surface area contributed by atoms with E-state index < -0.39 is 28.3 Å². The fourth-order valence-electron chi connectivity index (χ4n) is 2.02. The van der Waals surface area contributed by atoms with E-state index in [0.717, 1.165) is 16.6 Å². The van der Waals surface area contributed by atoms with E-state index in [1.807, 2.05) is 0 Å². The highest BCUT2D eigenvalue weighted by Gasteiger charge is 2.23. The standard InChI is InChI=1S/C15H17FN4O3S/c1-19(10-13-9-17-6-7-18-13)15(21)11-20(24(2,22)23)14-5-3-4-12(16)8-14/h3-9H,10-11H2,1-2H3. The third kappa shape index (κ3) is 4.72. The number of carbonyl (C=O) groups excluding carboxylic acids is 1. The van der Waals surface area contributed by atoms with Gasteiger partial charge in [0.15, 0.2) is 0 Å². The molecule has 1 heterocycles. The molecule has 128 valence electrons. The minimum absolute atomic E-state index is 0.0961. The molecule has 2 rings (SSSR count). The fraction of sp³-hybridized carbons (Fsp3) is 0.267. The monoisotopic (exact) mass is 352 g/mol. The first kappa shape index (κ1) is 17.8. The molecule has 1 aromatic carbocycles. The number of halogens is 1. The summed E-state index contributed by atoms with van der Waals surface area (Å²) in [4.78, 5) is 21.6. The Bertz CT molecular complexity index is 814. The molecule has 0 fully saturated rings. The van der Waals surface area contributed by atoms with Crippen molar-refractivity contribution in [3.05, 3.63) is 54.4 Å². The number of carbonyl (C=O) groups is 1. The van der Waals surface area contributed by atoms with Crippen LogP contribution >= 0.6 is 0 Å². The second-order valence-electron chi connectivity index (χ2n) is 5.20. The van der Waals surface area contributed by atoms with Crippen LogP contribution in [0.15, 0.2) is 42.9 Å². The number of benzene rings is 1. The minimum atomic E-state index is -3.74. The molecule has 0 radical (unpaired) electrons. The lowest BCUT2D eigenvalue weighted by molar-refractivity contribution is -0.128. The molecule has 0 spiro atoms. The maximum atomic E-state index is 13.4. The van der Waals surface area contributed by atoms with E-state index >= 15 is 0 Å². The van der Waals surface area contributed by atoms with Crippen molar-refractivity contribution in [3.63, 3.8) is 0 Å². The number of amides is 1. The topological polar surface area (TPSA) is 83.5 Å². The first-order valence-electron chi connectivity index (χ1n) is 6.99. The van der Waals surface area contributed by atoms with E-state index in [2.05, 4.69) is 9.97 Å². The van der Waals surface area contributed by atoms with Gasteiger partial charge in [-0.1, -0.05) is 6.07 Å². The number of hydrogen-bond donors (Lipinski definition) is 0. The Morgan fingerprint density at radius 1 is 1.29 bits per heavy atom.